The zero-order valence-electron chi connectivity index (χ0n) is 31.3. The molecular weight excluding hydrogens is 709 g/mol. The van der Waals surface area contributed by atoms with Crippen LogP contribution in [-0.2, 0) is 0 Å². The lowest BCUT2D eigenvalue weighted by Gasteiger charge is -2.12. The van der Waals surface area contributed by atoms with Gasteiger partial charge in [-0.05, 0) is 39.9 Å². The van der Waals surface area contributed by atoms with E-state index >= 15 is 0 Å². The molecule has 0 radical (unpaired) electrons. The molecule has 0 aliphatic heterocycles. The van der Waals surface area contributed by atoms with E-state index in [0.717, 1.165) is 89.2 Å². The molecule has 0 aliphatic carbocycles. The Hall–Kier alpha value is -7.96. The highest BCUT2D eigenvalue weighted by atomic mass is 15.3. The molecule has 6 heteroatoms. The molecule has 272 valence electrons. The lowest BCUT2D eigenvalue weighted by Crippen LogP contribution is -2.03. The third-order valence-electron chi connectivity index (χ3n) is 10.8. The van der Waals surface area contributed by atoms with Gasteiger partial charge in [-0.2, -0.15) is 0 Å². The van der Waals surface area contributed by atoms with E-state index in [1.807, 2.05) is 28.8 Å². The lowest BCUT2D eigenvalue weighted by atomic mass is 10.0. The van der Waals surface area contributed by atoms with Crippen LogP contribution in [0.3, 0.4) is 0 Å². The first-order chi connectivity index (χ1) is 28.7. The number of fused-ring (bicyclic) bond motifs is 4. The fraction of sp³-hybridized carbons (Fsp3) is 0. The highest BCUT2D eigenvalue weighted by Gasteiger charge is 2.21. The molecular formula is C52H34N6. The largest absolute Gasteiger partial charge is 0.277 e. The van der Waals surface area contributed by atoms with Crippen LogP contribution in [0.2, 0.25) is 0 Å². The summed E-state index contributed by atoms with van der Waals surface area (Å²) in [7, 11) is 0. The molecule has 0 saturated carbocycles. The summed E-state index contributed by atoms with van der Waals surface area (Å²) in [6, 6.07) is 69.4. The number of nitrogens with zero attached hydrogens (tertiary/aromatic N) is 6. The van der Waals surface area contributed by atoms with Gasteiger partial charge in [0.25, 0.3) is 0 Å². The van der Waals surface area contributed by atoms with E-state index < -0.39 is 0 Å². The molecule has 58 heavy (non-hydrogen) atoms. The molecule has 0 N–H and O–H groups in total. The first-order valence-corrected chi connectivity index (χ1v) is 19.4. The summed E-state index contributed by atoms with van der Waals surface area (Å²) in [5.74, 6) is 2.19. The summed E-state index contributed by atoms with van der Waals surface area (Å²) in [4.78, 5) is 15.7. The number of hydrogen-bond donors (Lipinski definition) is 0. The Morgan fingerprint density at radius 3 is 1.57 bits per heavy atom. The van der Waals surface area contributed by atoms with Crippen LogP contribution in [0, 0.1) is 0 Å². The normalized spacial score (nSPS) is 11.4. The van der Waals surface area contributed by atoms with Crippen molar-refractivity contribution in [1.82, 2.24) is 29.0 Å². The average Bonchev–Trinajstić information content (AvgIpc) is 3.90. The smallest absolute Gasteiger partial charge is 0.182 e. The molecule has 4 heterocycles. The Morgan fingerprint density at radius 2 is 0.862 bits per heavy atom. The predicted octanol–water partition coefficient (Wildman–Crippen LogP) is 12.6. The van der Waals surface area contributed by atoms with Crippen LogP contribution >= 0.6 is 0 Å². The molecule has 0 unspecified atom stereocenters. The molecule has 11 aromatic rings. The maximum absolute atomic E-state index is 5.29. The standard InChI is InChI=1S/C52H34N6/c1-5-16-35(17-6-1)43-33-46(37-18-7-2-8-19-37)51-55-49(56-57(51)34-43)42-25-15-24-41(32-42)36-28-30-39(31-29-36)48-53-50(40-22-11-4-12-23-40)58-47(38-20-9-3-10-21-38)44-26-13-14-27-45(44)52(58)54-48/h1-34H. The third-order valence-corrected chi connectivity index (χ3v) is 10.8. The maximum atomic E-state index is 5.29. The second-order valence-corrected chi connectivity index (χ2v) is 14.4. The van der Waals surface area contributed by atoms with Crippen LogP contribution in [-0.4, -0.2) is 29.0 Å². The third kappa shape index (κ3) is 5.83. The minimum Gasteiger partial charge on any atom is -0.277 e. The molecule has 0 amide bonds. The zero-order valence-corrected chi connectivity index (χ0v) is 31.3. The van der Waals surface area contributed by atoms with Crippen molar-refractivity contribution in [2.45, 2.75) is 0 Å². The average molecular weight is 743 g/mol. The fourth-order valence-corrected chi connectivity index (χ4v) is 7.99. The van der Waals surface area contributed by atoms with Crippen molar-refractivity contribution in [2.24, 2.45) is 0 Å². The molecule has 0 spiro atoms. The van der Waals surface area contributed by atoms with Crippen LogP contribution in [0.4, 0.5) is 0 Å². The van der Waals surface area contributed by atoms with E-state index in [-0.39, 0.29) is 0 Å². The van der Waals surface area contributed by atoms with Crippen molar-refractivity contribution in [1.29, 1.82) is 0 Å². The number of aromatic nitrogens is 6. The van der Waals surface area contributed by atoms with Crippen LogP contribution in [0.1, 0.15) is 0 Å². The second kappa shape index (κ2) is 14.0. The van der Waals surface area contributed by atoms with E-state index in [0.29, 0.717) is 11.6 Å². The van der Waals surface area contributed by atoms with Crippen molar-refractivity contribution in [2.75, 3.05) is 0 Å². The molecule has 0 atom stereocenters. The number of rotatable bonds is 7. The maximum Gasteiger partial charge on any atom is 0.182 e. The van der Waals surface area contributed by atoms with Gasteiger partial charge in [-0.25, -0.2) is 19.5 Å². The van der Waals surface area contributed by atoms with Crippen molar-refractivity contribution < 1.29 is 0 Å². The Kier molecular flexibility index (Phi) is 8.04. The quantitative estimate of drug-likeness (QED) is 0.163. The summed E-state index contributed by atoms with van der Waals surface area (Å²) in [5, 5.41) is 7.26. The Bertz CT molecular complexity index is 3240. The van der Waals surface area contributed by atoms with Crippen molar-refractivity contribution in [3.05, 3.63) is 206 Å². The molecule has 6 nitrogen and oxygen atoms in total. The second-order valence-electron chi connectivity index (χ2n) is 14.4. The molecule has 0 bridgehead atoms. The van der Waals surface area contributed by atoms with Gasteiger partial charge < -0.3 is 0 Å². The van der Waals surface area contributed by atoms with Gasteiger partial charge in [-0.15, -0.1) is 5.10 Å². The van der Waals surface area contributed by atoms with Gasteiger partial charge in [0.2, 0.25) is 0 Å². The van der Waals surface area contributed by atoms with Gasteiger partial charge >= 0.3 is 0 Å². The van der Waals surface area contributed by atoms with E-state index in [9.17, 15) is 0 Å². The minimum atomic E-state index is 0.672. The van der Waals surface area contributed by atoms with Crippen molar-refractivity contribution in [3.63, 3.8) is 0 Å². The number of hydrogen-bond acceptors (Lipinski definition) is 4. The number of benzene rings is 7. The Balaban J connectivity index is 0.992. The fourth-order valence-electron chi connectivity index (χ4n) is 7.99. The molecule has 11 rings (SSSR count). The van der Waals surface area contributed by atoms with Gasteiger partial charge in [0.05, 0.1) is 5.69 Å². The first kappa shape index (κ1) is 33.4. The summed E-state index contributed by atoms with van der Waals surface area (Å²) in [6.07, 6.45) is 2.07. The predicted molar refractivity (Wildman–Crippen MR) is 235 cm³/mol. The first-order valence-electron chi connectivity index (χ1n) is 19.4. The zero-order chi connectivity index (χ0) is 38.4. The molecule has 7 aromatic carbocycles. The van der Waals surface area contributed by atoms with Gasteiger partial charge in [-0.1, -0.05) is 188 Å². The lowest BCUT2D eigenvalue weighted by molar-refractivity contribution is 0.968. The summed E-state index contributed by atoms with van der Waals surface area (Å²) < 4.78 is 4.14. The molecule has 0 saturated heterocycles. The SMILES string of the molecule is c1ccc(-c2cc(-c3ccccc3)c3nc(-c4cccc(-c5ccc(-c6nc(-c7ccccc7)n7c(-c8ccccc8)c8ccccc8c7n6)cc5)c4)nn3c2)cc1. The number of pyridine rings is 1. The molecule has 0 aliphatic rings. The monoisotopic (exact) mass is 742 g/mol. The van der Waals surface area contributed by atoms with Crippen LogP contribution < -0.4 is 0 Å². The van der Waals surface area contributed by atoms with E-state index in [4.69, 9.17) is 20.1 Å². The van der Waals surface area contributed by atoms with E-state index in [1.54, 1.807) is 0 Å². The van der Waals surface area contributed by atoms with Crippen LogP contribution in [0.15, 0.2) is 206 Å². The van der Waals surface area contributed by atoms with Gasteiger partial charge in [0.15, 0.2) is 17.3 Å². The van der Waals surface area contributed by atoms with Crippen molar-refractivity contribution in [3.8, 4) is 78.8 Å². The molecule has 0 fully saturated rings. The molecule has 4 aromatic heterocycles. The minimum absolute atomic E-state index is 0.672. The van der Waals surface area contributed by atoms with Crippen molar-refractivity contribution >= 4 is 22.1 Å². The van der Waals surface area contributed by atoms with Crippen LogP contribution in [0.5, 0.6) is 0 Å². The van der Waals surface area contributed by atoms with Gasteiger partial charge in [0.1, 0.15) is 11.5 Å². The summed E-state index contributed by atoms with van der Waals surface area (Å²) >= 11 is 0. The van der Waals surface area contributed by atoms with Gasteiger partial charge in [0, 0.05) is 44.8 Å². The van der Waals surface area contributed by atoms with Gasteiger partial charge in [-0.3, -0.25) is 4.40 Å². The highest BCUT2D eigenvalue weighted by molar-refractivity contribution is 6.06. The van der Waals surface area contributed by atoms with Crippen LogP contribution in [0.25, 0.3) is 101 Å². The summed E-state index contributed by atoms with van der Waals surface area (Å²) in [5.41, 5.74) is 13.3. The van der Waals surface area contributed by atoms with E-state index in [2.05, 4.69) is 187 Å². The topological polar surface area (TPSA) is 60.4 Å². The summed E-state index contributed by atoms with van der Waals surface area (Å²) in [6.45, 7) is 0. The van der Waals surface area contributed by atoms with E-state index in [1.165, 1.54) is 0 Å². The Labute approximate surface area is 335 Å². The highest BCUT2D eigenvalue weighted by Crippen LogP contribution is 2.38. The Morgan fingerprint density at radius 1 is 0.328 bits per heavy atom.